The summed E-state index contributed by atoms with van der Waals surface area (Å²) >= 11 is 1.31. The van der Waals surface area contributed by atoms with Crippen molar-refractivity contribution in [3.8, 4) is 0 Å². The zero-order chi connectivity index (χ0) is 23.5. The van der Waals surface area contributed by atoms with Gasteiger partial charge in [-0.05, 0) is 42.8 Å². The molecule has 1 fully saturated rings. The van der Waals surface area contributed by atoms with E-state index in [0.29, 0.717) is 34.9 Å². The molecule has 4 aromatic rings. The van der Waals surface area contributed by atoms with Crippen molar-refractivity contribution in [2.45, 2.75) is 13.0 Å². The van der Waals surface area contributed by atoms with E-state index in [2.05, 4.69) is 25.7 Å². The van der Waals surface area contributed by atoms with Crippen LogP contribution in [0.1, 0.15) is 38.6 Å². The normalized spacial score (nSPS) is 14.7. The van der Waals surface area contributed by atoms with Crippen LogP contribution in [0, 0.1) is 0 Å². The lowest BCUT2D eigenvalue weighted by Gasteiger charge is -2.28. The minimum absolute atomic E-state index is 0.119. The second-order valence-electron chi connectivity index (χ2n) is 8.13. The van der Waals surface area contributed by atoms with Gasteiger partial charge < -0.3 is 20.3 Å². The number of aromatic nitrogens is 2. The summed E-state index contributed by atoms with van der Waals surface area (Å²) in [5.41, 5.74) is 2.64. The number of morpholine rings is 1. The minimum Gasteiger partial charge on any atom is -0.378 e. The Morgan fingerprint density at radius 3 is 2.53 bits per heavy atom. The van der Waals surface area contributed by atoms with Gasteiger partial charge in [-0.3, -0.25) is 14.7 Å². The first-order valence-corrected chi connectivity index (χ1v) is 12.0. The number of benzene rings is 2. The number of ether oxygens (including phenoxy) is 1. The largest absolute Gasteiger partial charge is 0.378 e. The lowest BCUT2D eigenvalue weighted by molar-refractivity contribution is 0.0943. The molecule has 0 saturated carbocycles. The van der Waals surface area contributed by atoms with Crippen molar-refractivity contribution in [3.63, 3.8) is 0 Å². The van der Waals surface area contributed by atoms with Gasteiger partial charge in [-0.1, -0.05) is 30.3 Å². The van der Waals surface area contributed by atoms with Crippen molar-refractivity contribution in [1.29, 1.82) is 0 Å². The molecule has 174 valence electrons. The van der Waals surface area contributed by atoms with Crippen LogP contribution in [-0.4, -0.2) is 48.3 Å². The molecule has 0 spiro atoms. The average Bonchev–Trinajstić information content (AvgIpc) is 3.47. The second kappa shape index (κ2) is 9.66. The number of H-pyrrole nitrogens is 1. The van der Waals surface area contributed by atoms with Crippen LogP contribution in [0.4, 0.5) is 11.5 Å². The molecule has 3 N–H and O–H groups in total. The van der Waals surface area contributed by atoms with Crippen molar-refractivity contribution in [2.24, 2.45) is 0 Å². The van der Waals surface area contributed by atoms with Crippen LogP contribution in [0.3, 0.4) is 0 Å². The Bertz CT molecular complexity index is 1290. The number of amides is 2. The Balaban J connectivity index is 1.26. The summed E-state index contributed by atoms with van der Waals surface area (Å²) in [4.78, 5) is 29.1. The molecular weight excluding hydrogens is 450 g/mol. The smallest absolute Gasteiger partial charge is 0.261 e. The van der Waals surface area contributed by atoms with Crippen molar-refractivity contribution in [3.05, 3.63) is 76.7 Å². The SMILES string of the molecule is C[C@@H](NC(=O)c1cc2c(NC(=O)c3ccc(N4CCOCC4)cc3)n[nH]c2s1)c1ccccc1. The third-order valence-electron chi connectivity index (χ3n) is 5.87. The summed E-state index contributed by atoms with van der Waals surface area (Å²) in [7, 11) is 0. The molecule has 5 rings (SSSR count). The number of hydrogen-bond donors (Lipinski definition) is 3. The van der Waals surface area contributed by atoms with E-state index in [9.17, 15) is 9.59 Å². The number of nitrogens with one attached hydrogen (secondary N) is 3. The molecule has 34 heavy (non-hydrogen) atoms. The highest BCUT2D eigenvalue weighted by atomic mass is 32.1. The minimum atomic E-state index is -0.253. The highest BCUT2D eigenvalue weighted by Gasteiger charge is 2.19. The zero-order valence-corrected chi connectivity index (χ0v) is 19.5. The van der Waals surface area contributed by atoms with Gasteiger partial charge in [0.1, 0.15) is 4.83 Å². The van der Waals surface area contributed by atoms with Gasteiger partial charge in [0.15, 0.2) is 5.82 Å². The fourth-order valence-electron chi connectivity index (χ4n) is 3.94. The van der Waals surface area contributed by atoms with Crippen molar-refractivity contribution in [1.82, 2.24) is 15.5 Å². The predicted molar refractivity (Wildman–Crippen MR) is 134 cm³/mol. The third kappa shape index (κ3) is 4.66. The summed E-state index contributed by atoms with van der Waals surface area (Å²) in [5, 5.41) is 13.7. The molecule has 9 heteroatoms. The number of rotatable bonds is 6. The molecule has 0 aliphatic carbocycles. The van der Waals surface area contributed by atoms with Crippen molar-refractivity contribution in [2.75, 3.05) is 36.5 Å². The predicted octanol–water partition coefficient (Wildman–Crippen LogP) is 4.20. The summed E-state index contributed by atoms with van der Waals surface area (Å²) in [6.07, 6.45) is 0. The first-order chi connectivity index (χ1) is 16.6. The van der Waals surface area contributed by atoms with Crippen LogP contribution in [0.25, 0.3) is 10.2 Å². The lowest BCUT2D eigenvalue weighted by atomic mass is 10.1. The maximum Gasteiger partial charge on any atom is 0.261 e. The van der Waals surface area contributed by atoms with Crippen LogP contribution in [0.5, 0.6) is 0 Å². The Labute approximate surface area is 200 Å². The van der Waals surface area contributed by atoms with E-state index in [0.717, 1.165) is 29.2 Å². The average molecular weight is 476 g/mol. The van der Waals surface area contributed by atoms with Gasteiger partial charge in [-0.2, -0.15) is 5.10 Å². The van der Waals surface area contributed by atoms with Gasteiger partial charge in [-0.25, -0.2) is 0 Å². The molecule has 3 heterocycles. The maximum absolute atomic E-state index is 12.8. The van der Waals surface area contributed by atoms with Crippen molar-refractivity contribution >= 4 is 44.9 Å². The molecule has 1 saturated heterocycles. The highest BCUT2D eigenvalue weighted by Crippen LogP contribution is 2.30. The molecule has 0 bridgehead atoms. The number of nitrogens with zero attached hydrogens (tertiary/aromatic N) is 2. The Morgan fingerprint density at radius 2 is 1.79 bits per heavy atom. The molecule has 2 amide bonds. The standard InChI is InChI=1S/C25H25N5O3S/c1-16(17-5-3-2-4-6-17)26-24(32)21-15-20-22(28-29-25(20)34-21)27-23(31)18-7-9-19(10-8-18)30-11-13-33-14-12-30/h2-10,15-16H,11-14H2,1H3,(H,26,32)(H2,27,28,29,31)/t16-/m1/s1. The molecule has 1 aliphatic heterocycles. The number of hydrogen-bond acceptors (Lipinski definition) is 6. The molecule has 0 unspecified atom stereocenters. The maximum atomic E-state index is 12.8. The summed E-state index contributed by atoms with van der Waals surface area (Å²) in [5.74, 6) is -0.0116. The number of anilines is 2. The van der Waals surface area contributed by atoms with Crippen LogP contribution >= 0.6 is 11.3 Å². The van der Waals surface area contributed by atoms with Crippen LogP contribution in [-0.2, 0) is 4.74 Å². The fraction of sp³-hybridized carbons (Fsp3) is 0.240. The Hall–Kier alpha value is -3.69. The molecule has 1 atom stereocenters. The summed E-state index contributed by atoms with van der Waals surface area (Å²) in [6, 6.07) is 18.9. The van der Waals surface area contributed by atoms with E-state index in [1.54, 1.807) is 18.2 Å². The summed E-state index contributed by atoms with van der Waals surface area (Å²) in [6.45, 7) is 5.06. The number of fused-ring (bicyclic) bond motifs is 1. The third-order valence-corrected chi connectivity index (χ3v) is 6.90. The first kappa shape index (κ1) is 22.1. The van der Waals surface area contributed by atoms with Gasteiger partial charge in [-0.15, -0.1) is 11.3 Å². The van der Waals surface area contributed by atoms with Gasteiger partial charge in [0.2, 0.25) is 0 Å². The van der Waals surface area contributed by atoms with E-state index < -0.39 is 0 Å². The van der Waals surface area contributed by atoms with E-state index >= 15 is 0 Å². The molecular formula is C25H25N5O3S. The molecule has 2 aromatic carbocycles. The number of carbonyl (C=O) groups excluding carboxylic acids is 2. The van der Waals surface area contributed by atoms with Gasteiger partial charge >= 0.3 is 0 Å². The van der Waals surface area contributed by atoms with E-state index in [4.69, 9.17) is 4.74 Å². The van der Waals surface area contributed by atoms with E-state index in [1.807, 2.05) is 49.4 Å². The van der Waals surface area contributed by atoms with Crippen molar-refractivity contribution < 1.29 is 14.3 Å². The zero-order valence-electron chi connectivity index (χ0n) is 18.7. The second-order valence-corrected chi connectivity index (χ2v) is 9.18. The van der Waals surface area contributed by atoms with E-state index in [1.165, 1.54) is 11.3 Å². The van der Waals surface area contributed by atoms with Crippen LogP contribution in [0.2, 0.25) is 0 Å². The highest BCUT2D eigenvalue weighted by molar-refractivity contribution is 7.20. The Kier molecular flexibility index (Phi) is 6.29. The first-order valence-electron chi connectivity index (χ1n) is 11.2. The number of thiophene rings is 1. The topological polar surface area (TPSA) is 99.3 Å². The monoisotopic (exact) mass is 475 g/mol. The molecule has 0 radical (unpaired) electrons. The van der Waals surface area contributed by atoms with Crippen LogP contribution in [0.15, 0.2) is 60.7 Å². The summed E-state index contributed by atoms with van der Waals surface area (Å²) < 4.78 is 5.39. The quantitative estimate of drug-likeness (QED) is 0.388. The van der Waals surface area contributed by atoms with Gasteiger partial charge in [0.05, 0.1) is 29.5 Å². The van der Waals surface area contributed by atoms with Gasteiger partial charge in [0, 0.05) is 24.3 Å². The number of carbonyl (C=O) groups is 2. The fourth-order valence-corrected chi connectivity index (χ4v) is 4.85. The molecule has 2 aromatic heterocycles. The molecule has 8 nitrogen and oxygen atoms in total. The van der Waals surface area contributed by atoms with Crippen LogP contribution < -0.4 is 15.5 Å². The van der Waals surface area contributed by atoms with Gasteiger partial charge in [0.25, 0.3) is 11.8 Å². The molecule has 1 aliphatic rings. The number of aromatic amines is 1. The lowest BCUT2D eigenvalue weighted by Crippen LogP contribution is -2.36. The van der Waals surface area contributed by atoms with E-state index in [-0.39, 0.29) is 17.9 Å². The Morgan fingerprint density at radius 1 is 1.06 bits per heavy atom.